The van der Waals surface area contributed by atoms with Gasteiger partial charge in [-0.25, -0.2) is 5.01 Å². The van der Waals surface area contributed by atoms with E-state index < -0.39 is 5.91 Å². The van der Waals surface area contributed by atoms with Gasteiger partial charge in [-0.2, -0.15) is 0 Å². The summed E-state index contributed by atoms with van der Waals surface area (Å²) < 4.78 is 0. The molecule has 2 aromatic carbocycles. The Bertz CT molecular complexity index is 968. The van der Waals surface area contributed by atoms with Gasteiger partial charge in [0.2, 0.25) is 11.7 Å². The fourth-order valence-corrected chi connectivity index (χ4v) is 3.18. The molecule has 0 aromatic heterocycles. The summed E-state index contributed by atoms with van der Waals surface area (Å²) in [7, 11) is 0. The van der Waals surface area contributed by atoms with Crippen LogP contribution in [0, 0.1) is 0 Å². The van der Waals surface area contributed by atoms with E-state index in [9.17, 15) is 14.4 Å². The van der Waals surface area contributed by atoms with Gasteiger partial charge in [0.1, 0.15) is 6.54 Å². The summed E-state index contributed by atoms with van der Waals surface area (Å²) in [6.45, 7) is 0.303. The molecular formula is C21H21N5O3. The number of nitrogens with two attached hydrogens (primary N) is 1. The molecule has 1 heterocycles. The standard InChI is InChI=1S/C21H21N5O3/c22-19(28)15-8-6-14(7-9-15)13-25(16-10-11-16)21(29)20-23-12-18(27)26(24-20)17-4-2-1-3-5-17/h1-9,16H,10-13H2,(H2,22,28)(H,23,24). The van der Waals surface area contributed by atoms with Crippen LogP contribution in [-0.4, -0.2) is 41.0 Å². The molecule has 0 unspecified atom stereocenters. The van der Waals surface area contributed by atoms with Crippen LogP contribution in [0.15, 0.2) is 59.6 Å². The van der Waals surface area contributed by atoms with Gasteiger partial charge in [-0.15, -0.1) is 0 Å². The van der Waals surface area contributed by atoms with Crippen LogP contribution in [0.25, 0.3) is 0 Å². The van der Waals surface area contributed by atoms with Gasteiger partial charge >= 0.3 is 0 Å². The predicted octanol–water partition coefficient (Wildman–Crippen LogP) is 1.23. The van der Waals surface area contributed by atoms with Gasteiger partial charge < -0.3 is 10.6 Å². The maximum atomic E-state index is 13.2. The molecule has 0 spiro atoms. The molecule has 0 radical (unpaired) electrons. The first-order chi connectivity index (χ1) is 14.0. The van der Waals surface area contributed by atoms with E-state index in [2.05, 4.69) is 10.4 Å². The van der Waals surface area contributed by atoms with Crippen LogP contribution < -0.4 is 16.2 Å². The Labute approximate surface area is 168 Å². The smallest absolute Gasteiger partial charge is 0.291 e. The second-order valence-corrected chi connectivity index (χ2v) is 7.07. The topological polar surface area (TPSA) is 108 Å². The number of aliphatic imine (C=N–C) groups is 1. The number of hydrazine groups is 1. The number of anilines is 1. The zero-order valence-corrected chi connectivity index (χ0v) is 15.7. The number of rotatable bonds is 6. The zero-order chi connectivity index (χ0) is 20.4. The van der Waals surface area contributed by atoms with E-state index in [0.29, 0.717) is 17.8 Å². The van der Waals surface area contributed by atoms with Gasteiger partial charge in [-0.05, 0) is 42.7 Å². The number of hydrogen-bond donors (Lipinski definition) is 2. The number of nitrogens with zero attached hydrogens (tertiary/aromatic N) is 3. The second kappa shape index (κ2) is 7.75. The molecule has 2 aromatic rings. The summed E-state index contributed by atoms with van der Waals surface area (Å²) in [6.07, 6.45) is 1.86. The van der Waals surface area contributed by atoms with Crippen LogP contribution in [-0.2, 0) is 16.1 Å². The third kappa shape index (κ3) is 4.11. The molecule has 0 atom stereocenters. The minimum Gasteiger partial charge on any atom is -0.366 e. The van der Waals surface area contributed by atoms with E-state index in [1.165, 1.54) is 5.01 Å². The lowest BCUT2D eigenvalue weighted by molar-refractivity contribution is -0.125. The van der Waals surface area contributed by atoms with Gasteiger partial charge in [0.25, 0.3) is 11.8 Å². The van der Waals surface area contributed by atoms with Gasteiger partial charge in [0.15, 0.2) is 0 Å². The fraction of sp³-hybridized carbons (Fsp3) is 0.238. The van der Waals surface area contributed by atoms with Crippen molar-refractivity contribution >= 4 is 29.2 Å². The number of amidine groups is 1. The Kier molecular flexibility index (Phi) is 4.99. The lowest BCUT2D eigenvalue weighted by Crippen LogP contribution is -2.56. The summed E-state index contributed by atoms with van der Waals surface area (Å²) in [6, 6.07) is 16.1. The average Bonchev–Trinajstić information content (AvgIpc) is 3.58. The van der Waals surface area contributed by atoms with E-state index in [4.69, 9.17) is 5.73 Å². The molecule has 29 heavy (non-hydrogen) atoms. The predicted molar refractivity (Wildman–Crippen MR) is 108 cm³/mol. The SMILES string of the molecule is NC(=O)c1ccc(CN(C(=O)C2=NCC(=O)N(c3ccccc3)N2)C2CC2)cc1. The number of carbonyl (C=O) groups excluding carboxylic acids is 3. The molecule has 4 rings (SSSR count). The van der Waals surface area contributed by atoms with Crippen molar-refractivity contribution < 1.29 is 14.4 Å². The number of nitrogens with one attached hydrogen (secondary N) is 1. The van der Waals surface area contributed by atoms with E-state index in [1.807, 2.05) is 18.2 Å². The van der Waals surface area contributed by atoms with Crippen molar-refractivity contribution in [2.75, 3.05) is 11.6 Å². The van der Waals surface area contributed by atoms with Crippen molar-refractivity contribution in [3.63, 3.8) is 0 Å². The normalized spacial score (nSPS) is 16.1. The van der Waals surface area contributed by atoms with E-state index in [1.54, 1.807) is 41.3 Å². The number of amides is 3. The molecule has 148 valence electrons. The minimum absolute atomic E-state index is 0.0885. The van der Waals surface area contributed by atoms with Gasteiger partial charge in [-0.1, -0.05) is 30.3 Å². The van der Waals surface area contributed by atoms with Crippen molar-refractivity contribution in [2.45, 2.75) is 25.4 Å². The Morgan fingerprint density at radius 3 is 2.41 bits per heavy atom. The summed E-state index contributed by atoms with van der Waals surface area (Å²) >= 11 is 0. The molecule has 0 saturated heterocycles. The van der Waals surface area contributed by atoms with Crippen LogP contribution in [0.4, 0.5) is 5.69 Å². The molecule has 2 aliphatic rings. The second-order valence-electron chi connectivity index (χ2n) is 7.07. The summed E-state index contributed by atoms with van der Waals surface area (Å²) in [5.41, 5.74) is 10.1. The molecule has 3 amide bonds. The van der Waals surface area contributed by atoms with E-state index >= 15 is 0 Å². The maximum Gasteiger partial charge on any atom is 0.291 e. The van der Waals surface area contributed by atoms with Crippen molar-refractivity contribution in [1.82, 2.24) is 10.3 Å². The lowest BCUT2D eigenvalue weighted by atomic mass is 10.1. The Morgan fingerprint density at radius 2 is 1.79 bits per heavy atom. The number of carbonyl (C=O) groups is 3. The highest BCUT2D eigenvalue weighted by molar-refractivity contribution is 6.39. The first-order valence-electron chi connectivity index (χ1n) is 9.42. The third-order valence-corrected chi connectivity index (χ3v) is 4.90. The van der Waals surface area contributed by atoms with Gasteiger partial charge in [0, 0.05) is 18.2 Å². The largest absolute Gasteiger partial charge is 0.366 e. The van der Waals surface area contributed by atoms with Crippen LogP contribution in [0.5, 0.6) is 0 Å². The molecular weight excluding hydrogens is 370 g/mol. The molecule has 1 saturated carbocycles. The van der Waals surface area contributed by atoms with E-state index in [-0.39, 0.29) is 30.2 Å². The van der Waals surface area contributed by atoms with E-state index in [0.717, 1.165) is 18.4 Å². The molecule has 3 N–H and O–H groups in total. The molecule has 1 aliphatic carbocycles. The first kappa shape index (κ1) is 18.7. The Balaban J connectivity index is 1.51. The highest BCUT2D eigenvalue weighted by Crippen LogP contribution is 2.29. The van der Waals surface area contributed by atoms with Crippen LogP contribution >= 0.6 is 0 Å². The lowest BCUT2D eigenvalue weighted by Gasteiger charge is -2.30. The number of benzene rings is 2. The monoisotopic (exact) mass is 391 g/mol. The molecule has 1 aliphatic heterocycles. The summed E-state index contributed by atoms with van der Waals surface area (Å²) in [4.78, 5) is 42.6. The molecule has 0 bridgehead atoms. The number of hydrogen-bond acceptors (Lipinski definition) is 5. The highest BCUT2D eigenvalue weighted by atomic mass is 16.2. The van der Waals surface area contributed by atoms with Gasteiger partial charge in [-0.3, -0.25) is 24.8 Å². The number of primary amides is 1. The Morgan fingerprint density at radius 1 is 1.10 bits per heavy atom. The summed E-state index contributed by atoms with van der Waals surface area (Å²) in [5.74, 6) is -0.820. The average molecular weight is 391 g/mol. The Hall–Kier alpha value is -3.68. The van der Waals surface area contributed by atoms with Crippen LogP contribution in [0.1, 0.15) is 28.8 Å². The van der Waals surface area contributed by atoms with Crippen molar-refractivity contribution in [3.8, 4) is 0 Å². The first-order valence-corrected chi connectivity index (χ1v) is 9.42. The third-order valence-electron chi connectivity index (χ3n) is 4.90. The van der Waals surface area contributed by atoms with Crippen LogP contribution in [0.3, 0.4) is 0 Å². The highest BCUT2D eigenvalue weighted by Gasteiger charge is 2.36. The zero-order valence-electron chi connectivity index (χ0n) is 15.7. The van der Waals surface area contributed by atoms with Crippen molar-refractivity contribution in [2.24, 2.45) is 10.7 Å². The minimum atomic E-state index is -0.488. The molecule has 8 nitrogen and oxygen atoms in total. The maximum absolute atomic E-state index is 13.2. The van der Waals surface area contributed by atoms with Crippen LogP contribution in [0.2, 0.25) is 0 Å². The fourth-order valence-electron chi connectivity index (χ4n) is 3.18. The number of para-hydroxylation sites is 1. The molecule has 8 heteroatoms. The quantitative estimate of drug-likeness (QED) is 0.772. The van der Waals surface area contributed by atoms with Gasteiger partial charge in [0.05, 0.1) is 5.69 Å². The van der Waals surface area contributed by atoms with Crippen molar-refractivity contribution in [3.05, 3.63) is 65.7 Å². The molecule has 1 fully saturated rings. The van der Waals surface area contributed by atoms with Crippen molar-refractivity contribution in [1.29, 1.82) is 0 Å². The summed E-state index contributed by atoms with van der Waals surface area (Å²) in [5, 5.41) is 1.35.